The summed E-state index contributed by atoms with van der Waals surface area (Å²) >= 11 is 0. The Morgan fingerprint density at radius 1 is 0.771 bits per heavy atom. The Labute approximate surface area is 204 Å². The minimum absolute atomic E-state index is 0.108. The minimum atomic E-state index is -3.66. The van der Waals surface area contributed by atoms with Crippen molar-refractivity contribution in [1.82, 2.24) is 14.9 Å². The predicted octanol–water partition coefficient (Wildman–Crippen LogP) is 2.13. The third kappa shape index (κ3) is 5.82. The maximum absolute atomic E-state index is 13.2. The van der Waals surface area contributed by atoms with Gasteiger partial charge >= 0.3 is 0 Å². The molecule has 0 saturated carbocycles. The lowest BCUT2D eigenvalue weighted by molar-refractivity contribution is -0.124. The Balaban J connectivity index is 1.44. The molecule has 0 saturated heterocycles. The van der Waals surface area contributed by atoms with E-state index in [0.29, 0.717) is 0 Å². The van der Waals surface area contributed by atoms with Crippen LogP contribution in [0, 0.1) is 0 Å². The van der Waals surface area contributed by atoms with Gasteiger partial charge in [0, 0.05) is 19.5 Å². The summed E-state index contributed by atoms with van der Waals surface area (Å²) in [5.74, 6) is -2.02. The first-order valence-corrected chi connectivity index (χ1v) is 12.8. The van der Waals surface area contributed by atoms with Crippen LogP contribution in [0.15, 0.2) is 84.9 Å². The Morgan fingerprint density at radius 2 is 1.29 bits per heavy atom. The van der Waals surface area contributed by atoms with E-state index in [1.54, 1.807) is 60.7 Å². The Morgan fingerprint density at radius 3 is 1.86 bits per heavy atom. The van der Waals surface area contributed by atoms with E-state index in [2.05, 4.69) is 10.0 Å². The van der Waals surface area contributed by atoms with Crippen LogP contribution in [0.5, 0.6) is 0 Å². The van der Waals surface area contributed by atoms with Gasteiger partial charge < -0.3 is 5.32 Å². The molecule has 0 fully saturated rings. The topological polar surface area (TPSA) is 113 Å². The molecule has 1 heterocycles. The average Bonchev–Trinajstić information content (AvgIpc) is 3.12. The molecule has 0 spiro atoms. The molecule has 3 aromatic rings. The summed E-state index contributed by atoms with van der Waals surface area (Å²) in [6.07, 6.45) is 0.108. The number of hydrogen-bond donors (Lipinski definition) is 2. The lowest BCUT2D eigenvalue weighted by Gasteiger charge is -2.25. The predicted molar refractivity (Wildman–Crippen MR) is 131 cm³/mol. The molecular formula is C26H25N3O5S. The van der Waals surface area contributed by atoms with Crippen molar-refractivity contribution in [2.75, 3.05) is 12.3 Å². The molecular weight excluding hydrogens is 466 g/mol. The van der Waals surface area contributed by atoms with Crippen molar-refractivity contribution in [2.24, 2.45) is 0 Å². The van der Waals surface area contributed by atoms with Crippen LogP contribution < -0.4 is 10.0 Å². The summed E-state index contributed by atoms with van der Waals surface area (Å²) < 4.78 is 27.3. The van der Waals surface area contributed by atoms with Crippen molar-refractivity contribution < 1.29 is 22.8 Å². The van der Waals surface area contributed by atoms with Crippen molar-refractivity contribution in [3.8, 4) is 0 Å². The van der Waals surface area contributed by atoms with Gasteiger partial charge in [-0.15, -0.1) is 0 Å². The largest absolute Gasteiger partial charge is 0.353 e. The van der Waals surface area contributed by atoms with E-state index in [-0.39, 0.29) is 36.4 Å². The second-order valence-corrected chi connectivity index (χ2v) is 10.1. The number of benzene rings is 3. The number of sulfonamides is 1. The van der Waals surface area contributed by atoms with E-state index in [4.69, 9.17) is 0 Å². The summed E-state index contributed by atoms with van der Waals surface area (Å²) in [7, 11) is -3.66. The average molecular weight is 492 g/mol. The van der Waals surface area contributed by atoms with E-state index in [0.717, 1.165) is 16.0 Å². The number of rotatable bonds is 10. The minimum Gasteiger partial charge on any atom is -0.353 e. The number of amides is 3. The van der Waals surface area contributed by atoms with Crippen molar-refractivity contribution in [1.29, 1.82) is 0 Å². The van der Waals surface area contributed by atoms with Crippen LogP contribution in [0.1, 0.15) is 31.8 Å². The van der Waals surface area contributed by atoms with Crippen LogP contribution in [-0.4, -0.2) is 49.4 Å². The summed E-state index contributed by atoms with van der Waals surface area (Å²) in [4.78, 5) is 40.2. The lowest BCUT2D eigenvalue weighted by Crippen LogP contribution is -2.51. The first-order chi connectivity index (χ1) is 16.9. The summed E-state index contributed by atoms with van der Waals surface area (Å²) in [6, 6.07) is 23.4. The smallest absolute Gasteiger partial charge is 0.262 e. The number of nitrogens with zero attached hydrogens (tertiary/aromatic N) is 1. The maximum atomic E-state index is 13.2. The number of hydrogen-bond acceptors (Lipinski definition) is 5. The summed E-state index contributed by atoms with van der Waals surface area (Å²) in [5.41, 5.74) is 2.07. The molecule has 0 aliphatic carbocycles. The quantitative estimate of drug-likeness (QED) is 0.422. The fourth-order valence-corrected chi connectivity index (χ4v) is 4.82. The first-order valence-electron chi connectivity index (χ1n) is 11.2. The van der Waals surface area contributed by atoms with Gasteiger partial charge in [-0.2, -0.15) is 0 Å². The zero-order valence-corrected chi connectivity index (χ0v) is 19.7. The molecule has 180 valence electrons. The van der Waals surface area contributed by atoms with Crippen molar-refractivity contribution in [2.45, 2.75) is 19.0 Å². The molecule has 4 rings (SSSR count). The second-order valence-electron chi connectivity index (χ2n) is 8.15. The molecule has 3 amide bonds. The molecule has 1 unspecified atom stereocenters. The van der Waals surface area contributed by atoms with E-state index in [1.807, 2.05) is 24.3 Å². The van der Waals surface area contributed by atoms with Gasteiger partial charge in [-0.1, -0.05) is 72.8 Å². The van der Waals surface area contributed by atoms with Gasteiger partial charge in [-0.25, -0.2) is 13.1 Å². The normalized spacial score (nSPS) is 14.0. The van der Waals surface area contributed by atoms with E-state index in [1.165, 1.54) is 0 Å². The number of nitrogens with one attached hydrogen (secondary N) is 2. The van der Waals surface area contributed by atoms with E-state index >= 15 is 0 Å². The molecule has 3 aromatic carbocycles. The summed E-state index contributed by atoms with van der Waals surface area (Å²) in [5, 5.41) is 2.60. The van der Waals surface area contributed by atoms with Crippen LogP contribution in [0.4, 0.5) is 0 Å². The number of imide groups is 1. The standard InChI is InChI=1S/C26H25N3O5S/c30-24(27-15-16-35(33,34)28-18-20-11-5-2-6-12-20)23(17-19-9-3-1-4-10-19)29-25(31)21-13-7-8-14-22(21)26(29)32/h1-14,23,28H,15-18H2,(H,27,30). The van der Waals surface area contributed by atoms with Crippen LogP contribution in [-0.2, 0) is 27.8 Å². The fraction of sp³-hybridized carbons (Fsp3) is 0.192. The highest BCUT2D eigenvalue weighted by Crippen LogP contribution is 2.26. The third-order valence-electron chi connectivity index (χ3n) is 5.72. The Bertz CT molecular complexity index is 1290. The van der Waals surface area contributed by atoms with Crippen LogP contribution in [0.3, 0.4) is 0 Å². The zero-order chi connectivity index (χ0) is 24.8. The number of carbonyl (C=O) groups excluding carboxylic acids is 3. The third-order valence-corrected chi connectivity index (χ3v) is 7.05. The molecule has 1 aliphatic rings. The van der Waals surface area contributed by atoms with Gasteiger partial charge in [-0.05, 0) is 23.3 Å². The van der Waals surface area contributed by atoms with Gasteiger partial charge in [0.15, 0.2) is 0 Å². The highest BCUT2D eigenvalue weighted by molar-refractivity contribution is 7.89. The van der Waals surface area contributed by atoms with Gasteiger partial charge in [0.05, 0.1) is 16.9 Å². The lowest BCUT2D eigenvalue weighted by atomic mass is 10.0. The highest BCUT2D eigenvalue weighted by Gasteiger charge is 2.42. The van der Waals surface area contributed by atoms with Crippen molar-refractivity contribution >= 4 is 27.7 Å². The molecule has 9 heteroatoms. The van der Waals surface area contributed by atoms with Gasteiger partial charge in [0.1, 0.15) is 6.04 Å². The fourth-order valence-electron chi connectivity index (χ4n) is 3.92. The van der Waals surface area contributed by atoms with E-state index < -0.39 is 33.8 Å². The van der Waals surface area contributed by atoms with Crippen LogP contribution >= 0.6 is 0 Å². The monoisotopic (exact) mass is 491 g/mol. The van der Waals surface area contributed by atoms with Crippen molar-refractivity contribution in [3.05, 3.63) is 107 Å². The summed E-state index contributed by atoms with van der Waals surface area (Å²) in [6.45, 7) is -0.0276. The first kappa shape index (κ1) is 24.3. The molecule has 0 aromatic heterocycles. The molecule has 1 aliphatic heterocycles. The van der Waals surface area contributed by atoms with Crippen LogP contribution in [0.25, 0.3) is 0 Å². The van der Waals surface area contributed by atoms with Crippen molar-refractivity contribution in [3.63, 3.8) is 0 Å². The molecule has 0 bridgehead atoms. The maximum Gasteiger partial charge on any atom is 0.262 e. The molecule has 2 N–H and O–H groups in total. The SMILES string of the molecule is O=C(NCCS(=O)(=O)NCc1ccccc1)C(Cc1ccccc1)N1C(=O)c2ccccc2C1=O. The number of fused-ring (bicyclic) bond motifs is 1. The van der Waals surface area contributed by atoms with Gasteiger partial charge in [-0.3, -0.25) is 19.3 Å². The molecule has 8 nitrogen and oxygen atoms in total. The van der Waals surface area contributed by atoms with Gasteiger partial charge in [0.2, 0.25) is 15.9 Å². The zero-order valence-electron chi connectivity index (χ0n) is 18.9. The van der Waals surface area contributed by atoms with E-state index in [9.17, 15) is 22.8 Å². The highest BCUT2D eigenvalue weighted by atomic mass is 32.2. The molecule has 35 heavy (non-hydrogen) atoms. The Hall–Kier alpha value is -3.82. The van der Waals surface area contributed by atoms with Gasteiger partial charge in [0.25, 0.3) is 11.8 Å². The second kappa shape index (κ2) is 10.6. The van der Waals surface area contributed by atoms with Crippen LogP contribution in [0.2, 0.25) is 0 Å². The molecule has 1 atom stereocenters. The Kier molecular flexibility index (Phi) is 7.38. The molecule has 0 radical (unpaired) electrons. The number of carbonyl (C=O) groups is 3.